The third-order valence-electron chi connectivity index (χ3n) is 8.68. The van der Waals surface area contributed by atoms with Crippen LogP contribution in [0.15, 0.2) is 78.4 Å². The first-order valence-electron chi connectivity index (χ1n) is 14.8. The highest BCUT2D eigenvalue weighted by Crippen LogP contribution is 2.37. The highest BCUT2D eigenvalue weighted by Gasteiger charge is 2.31. The number of nitrogen functional groups attached to an aromatic ring is 1. The second-order valence-electron chi connectivity index (χ2n) is 11.5. The number of anilines is 1. The van der Waals surface area contributed by atoms with Crippen LogP contribution in [0.25, 0.3) is 22.0 Å². The fourth-order valence-electron chi connectivity index (χ4n) is 6.51. The number of carbonyl (C=O) groups is 1. The number of aromatic nitrogens is 1. The molecule has 0 unspecified atom stereocenters. The van der Waals surface area contributed by atoms with Crippen molar-refractivity contribution in [1.82, 2.24) is 9.88 Å². The number of ether oxygens (including phenoxy) is 2. The van der Waals surface area contributed by atoms with Crippen molar-refractivity contribution in [3.63, 3.8) is 0 Å². The van der Waals surface area contributed by atoms with Gasteiger partial charge in [-0.1, -0.05) is 35.9 Å². The smallest absolute Gasteiger partial charge is 0.254 e. The van der Waals surface area contributed by atoms with Gasteiger partial charge in [-0.3, -0.25) is 9.78 Å². The van der Waals surface area contributed by atoms with Crippen molar-refractivity contribution in [2.45, 2.75) is 57.4 Å². The Kier molecular flexibility index (Phi) is 6.83. The summed E-state index contributed by atoms with van der Waals surface area (Å²) in [6.45, 7) is 1.04. The van der Waals surface area contributed by atoms with Gasteiger partial charge in [0.15, 0.2) is 11.5 Å². The van der Waals surface area contributed by atoms with Gasteiger partial charge in [0.05, 0.1) is 11.1 Å². The number of hydrogen-bond acceptors (Lipinski definition) is 5. The normalized spacial score (nSPS) is 18.1. The minimum atomic E-state index is 0.109. The van der Waals surface area contributed by atoms with Crippen molar-refractivity contribution in [1.29, 1.82) is 0 Å². The third kappa shape index (κ3) is 5.26. The van der Waals surface area contributed by atoms with Crippen LogP contribution in [-0.4, -0.2) is 35.2 Å². The number of carbonyl (C=O) groups excluding carboxylic acids is 1. The Labute approximate surface area is 240 Å². The van der Waals surface area contributed by atoms with Crippen molar-refractivity contribution >= 4 is 22.5 Å². The molecule has 1 saturated heterocycles. The monoisotopic (exact) mass is 545 g/mol. The number of rotatable bonds is 6. The van der Waals surface area contributed by atoms with E-state index in [0.29, 0.717) is 6.42 Å². The summed E-state index contributed by atoms with van der Waals surface area (Å²) in [5, 5.41) is 0.883. The summed E-state index contributed by atoms with van der Waals surface area (Å²) in [5.41, 5.74) is 13.8. The molecule has 0 saturated carbocycles. The van der Waals surface area contributed by atoms with Gasteiger partial charge in [-0.15, -0.1) is 0 Å². The molecule has 1 amide bonds. The lowest BCUT2D eigenvalue weighted by molar-refractivity contribution is 0.0737. The minimum absolute atomic E-state index is 0.109. The van der Waals surface area contributed by atoms with E-state index >= 15 is 0 Å². The molecule has 0 spiro atoms. The maximum absolute atomic E-state index is 14.4. The molecule has 1 atom stereocenters. The van der Waals surface area contributed by atoms with E-state index in [4.69, 9.17) is 20.2 Å². The van der Waals surface area contributed by atoms with E-state index in [9.17, 15) is 4.79 Å². The predicted octanol–water partition coefficient (Wildman–Crippen LogP) is 7.30. The molecule has 3 heterocycles. The van der Waals surface area contributed by atoms with Crippen molar-refractivity contribution in [3.8, 4) is 22.6 Å². The Bertz CT molecular complexity index is 1640. The zero-order chi connectivity index (χ0) is 27.8. The minimum Gasteiger partial charge on any atom is -0.454 e. The molecule has 0 bridgehead atoms. The number of nitrogens with two attached hydrogens (primary N) is 1. The number of likely N-dealkylation sites (tertiary alicyclic amines) is 1. The molecule has 3 aromatic carbocycles. The van der Waals surface area contributed by atoms with Gasteiger partial charge in [0, 0.05) is 35.8 Å². The van der Waals surface area contributed by atoms with Crippen LogP contribution in [0.2, 0.25) is 0 Å². The fraction of sp³-hybridized carbons (Fsp3) is 0.314. The van der Waals surface area contributed by atoms with Crippen LogP contribution in [0.1, 0.15) is 66.6 Å². The van der Waals surface area contributed by atoms with Crippen LogP contribution in [0.3, 0.4) is 0 Å². The molecule has 4 aromatic rings. The first-order valence-corrected chi connectivity index (χ1v) is 14.8. The molecule has 208 valence electrons. The Morgan fingerprint density at radius 2 is 1.76 bits per heavy atom. The van der Waals surface area contributed by atoms with Gasteiger partial charge in [0.1, 0.15) is 0 Å². The number of benzene rings is 3. The Morgan fingerprint density at radius 1 is 0.927 bits per heavy atom. The number of allylic oxidation sites excluding steroid dienone is 1. The lowest BCUT2D eigenvalue weighted by Crippen LogP contribution is -2.36. The largest absolute Gasteiger partial charge is 0.454 e. The molecule has 41 heavy (non-hydrogen) atoms. The molecule has 2 aliphatic heterocycles. The van der Waals surface area contributed by atoms with E-state index in [0.717, 1.165) is 81.8 Å². The van der Waals surface area contributed by atoms with Crippen molar-refractivity contribution in [2.24, 2.45) is 0 Å². The first-order chi connectivity index (χ1) is 20.1. The van der Waals surface area contributed by atoms with Crippen LogP contribution < -0.4 is 15.2 Å². The molecule has 0 radical (unpaired) electrons. The molecule has 2 N–H and O–H groups in total. The highest BCUT2D eigenvalue weighted by molar-refractivity contribution is 6.07. The van der Waals surface area contributed by atoms with Gasteiger partial charge in [-0.05, 0) is 104 Å². The van der Waals surface area contributed by atoms with Gasteiger partial charge >= 0.3 is 0 Å². The number of amides is 1. The standard InChI is InChI=1S/C35H35N3O3/c36-27-12-8-24(9-13-27)17-28-21-31(35(39)38-16-4-7-29(38)18-23-5-2-1-3-6-23)30-19-25(10-14-32(30)37-28)26-11-15-33-34(20-26)41-22-40-33/h5,8-15,19-21,29H,1-4,6-7,16-18,22,36H2/t29-/m0/s1. The van der Waals surface area contributed by atoms with Gasteiger partial charge in [0.2, 0.25) is 6.79 Å². The average Bonchev–Trinajstić information content (AvgIpc) is 3.67. The van der Waals surface area contributed by atoms with E-state index in [1.165, 1.54) is 31.3 Å². The summed E-state index contributed by atoms with van der Waals surface area (Å²) in [7, 11) is 0. The maximum atomic E-state index is 14.4. The van der Waals surface area contributed by atoms with Crippen molar-refractivity contribution in [3.05, 3.63) is 95.2 Å². The zero-order valence-corrected chi connectivity index (χ0v) is 23.3. The predicted molar refractivity (Wildman–Crippen MR) is 162 cm³/mol. The summed E-state index contributed by atoms with van der Waals surface area (Å²) in [6, 6.07) is 22.3. The summed E-state index contributed by atoms with van der Waals surface area (Å²) < 4.78 is 11.1. The average molecular weight is 546 g/mol. The molecule has 6 heteroatoms. The zero-order valence-electron chi connectivity index (χ0n) is 23.3. The van der Waals surface area contributed by atoms with Gasteiger partial charge in [0.25, 0.3) is 5.91 Å². The third-order valence-corrected chi connectivity index (χ3v) is 8.68. The van der Waals surface area contributed by atoms with E-state index in [2.05, 4.69) is 23.1 Å². The maximum Gasteiger partial charge on any atom is 0.254 e. The van der Waals surface area contributed by atoms with Crippen molar-refractivity contribution < 1.29 is 14.3 Å². The summed E-state index contributed by atoms with van der Waals surface area (Å²) in [4.78, 5) is 21.5. The quantitative estimate of drug-likeness (QED) is 0.203. The lowest BCUT2D eigenvalue weighted by atomic mass is 9.93. The SMILES string of the molecule is Nc1ccc(Cc2cc(C(=O)N3CCC[C@H]3CC3=CCCCC3)c3cc(-c4ccc5c(c4)OCO5)ccc3n2)cc1. The van der Waals surface area contributed by atoms with E-state index < -0.39 is 0 Å². The lowest BCUT2D eigenvalue weighted by Gasteiger charge is -2.27. The summed E-state index contributed by atoms with van der Waals surface area (Å²) in [5.74, 6) is 1.61. The molecule has 3 aliphatic rings. The van der Waals surface area contributed by atoms with Gasteiger partial charge in [-0.2, -0.15) is 0 Å². The molecular weight excluding hydrogens is 510 g/mol. The number of pyridine rings is 1. The van der Waals surface area contributed by atoms with E-state index in [-0.39, 0.29) is 18.7 Å². The van der Waals surface area contributed by atoms with Crippen LogP contribution >= 0.6 is 0 Å². The molecule has 1 aromatic heterocycles. The van der Waals surface area contributed by atoms with Crippen molar-refractivity contribution in [2.75, 3.05) is 19.1 Å². The van der Waals surface area contributed by atoms with Gasteiger partial charge in [-0.25, -0.2) is 0 Å². The molecule has 1 fully saturated rings. The fourth-order valence-corrected chi connectivity index (χ4v) is 6.51. The van der Waals surface area contributed by atoms with E-state index in [1.54, 1.807) is 0 Å². The first kappa shape index (κ1) is 25.6. The second-order valence-corrected chi connectivity index (χ2v) is 11.5. The molecular formula is C35H35N3O3. The van der Waals surface area contributed by atoms with Crippen LogP contribution in [0.4, 0.5) is 5.69 Å². The number of nitrogens with zero attached hydrogens (tertiary/aromatic N) is 2. The highest BCUT2D eigenvalue weighted by atomic mass is 16.7. The molecule has 7 rings (SSSR count). The van der Waals surface area contributed by atoms with Crippen LogP contribution in [0.5, 0.6) is 11.5 Å². The van der Waals surface area contributed by atoms with E-state index in [1.807, 2.05) is 54.6 Å². The van der Waals surface area contributed by atoms with Crippen LogP contribution in [0, 0.1) is 0 Å². The molecule has 6 nitrogen and oxygen atoms in total. The van der Waals surface area contributed by atoms with Gasteiger partial charge < -0.3 is 20.1 Å². The Hall–Kier alpha value is -4.32. The summed E-state index contributed by atoms with van der Waals surface area (Å²) in [6.07, 6.45) is 11.0. The number of fused-ring (bicyclic) bond motifs is 2. The topological polar surface area (TPSA) is 77.7 Å². The Morgan fingerprint density at radius 3 is 2.61 bits per heavy atom. The number of hydrogen-bond donors (Lipinski definition) is 1. The molecule has 1 aliphatic carbocycles. The summed E-state index contributed by atoms with van der Waals surface area (Å²) >= 11 is 0. The second kappa shape index (κ2) is 10.9. The van der Waals surface area contributed by atoms with Crippen LogP contribution in [-0.2, 0) is 6.42 Å². The Balaban J connectivity index is 1.28.